The first-order chi connectivity index (χ1) is 30.2. The number of rotatable bonds is 4. The predicted octanol–water partition coefficient (Wildman–Crippen LogP) is 13.2. The van der Waals surface area contributed by atoms with Crippen molar-refractivity contribution in [1.29, 1.82) is 5.26 Å². The van der Waals surface area contributed by atoms with Gasteiger partial charge in [-0.15, -0.1) is 0 Å². The minimum absolute atomic E-state index is 0.322. The van der Waals surface area contributed by atoms with E-state index in [0.717, 1.165) is 32.9 Å². The number of fused-ring (bicyclic) bond motifs is 13. The van der Waals surface area contributed by atoms with Crippen LogP contribution in [0.1, 0.15) is 27.8 Å². The largest absolute Gasteiger partial charge is 0.318 e. The number of nitriles is 1. The first-order valence-electron chi connectivity index (χ1n) is 20.0. The molecule has 282 valence electrons. The quantitative estimate of drug-likeness (QED) is 0.166. The molecule has 1 spiro atoms. The fourth-order valence-electron chi connectivity index (χ4n) is 9.74. The molecule has 3 heterocycles. The monoisotopic (exact) mass is 794 g/mol. The zero-order valence-corrected chi connectivity index (χ0v) is 33.2. The van der Waals surface area contributed by atoms with Crippen molar-refractivity contribution in [2.75, 3.05) is 0 Å². The maximum Gasteiger partial charge on any atom is 0.212 e. The van der Waals surface area contributed by atoms with E-state index in [1.54, 1.807) is 0 Å². The van der Waals surface area contributed by atoms with E-state index in [4.69, 9.17) is 21.5 Å². The van der Waals surface area contributed by atoms with Crippen molar-refractivity contribution >= 4 is 39.3 Å². The standard InChI is InChI=1S/C54H30N6S/c1-56-43-31-35(53-58-51(33-16-4-2-5-17-33)57-52(59-53)34-18-6-3-7-19-34)30-36(32-55)50(43)60-44-25-13-9-21-39(44)48-45(60)29-28-38-37-20-8-10-22-40(37)54(49(38)48)41-23-11-14-26-46(41)61-47-27-15-12-24-42(47)54/h2-31H. The lowest BCUT2D eigenvalue weighted by molar-refractivity contribution is 0.728. The summed E-state index contributed by atoms with van der Waals surface area (Å²) >= 11 is 1.82. The highest BCUT2D eigenvalue weighted by atomic mass is 32.2. The van der Waals surface area contributed by atoms with Gasteiger partial charge in [0, 0.05) is 37.3 Å². The van der Waals surface area contributed by atoms with E-state index in [1.165, 1.54) is 43.2 Å². The molecule has 0 saturated carbocycles. The normalized spacial score (nSPS) is 13.0. The van der Waals surface area contributed by atoms with E-state index in [0.29, 0.717) is 40.0 Å². The summed E-state index contributed by atoms with van der Waals surface area (Å²) in [5, 5.41) is 13.2. The van der Waals surface area contributed by atoms with Crippen molar-refractivity contribution in [2.24, 2.45) is 0 Å². The minimum atomic E-state index is -0.616. The number of hydrogen-bond donors (Lipinski definition) is 0. The first-order valence-corrected chi connectivity index (χ1v) is 20.9. The average molecular weight is 795 g/mol. The van der Waals surface area contributed by atoms with Gasteiger partial charge in [0.25, 0.3) is 0 Å². The molecule has 7 heteroatoms. The Hall–Kier alpha value is -8.10. The van der Waals surface area contributed by atoms with Crippen LogP contribution in [0.2, 0.25) is 0 Å². The van der Waals surface area contributed by atoms with Crippen molar-refractivity contribution in [1.82, 2.24) is 19.5 Å². The topological polar surface area (TPSA) is 71.8 Å². The summed E-state index contributed by atoms with van der Waals surface area (Å²) in [6, 6.07) is 65.0. The Morgan fingerprint density at radius 3 is 1.74 bits per heavy atom. The van der Waals surface area contributed by atoms with Crippen LogP contribution in [0.3, 0.4) is 0 Å². The molecular formula is C54H30N6S. The van der Waals surface area contributed by atoms with Crippen LogP contribution in [0.5, 0.6) is 0 Å². The predicted molar refractivity (Wildman–Crippen MR) is 243 cm³/mol. The van der Waals surface area contributed by atoms with Crippen molar-refractivity contribution in [3.63, 3.8) is 0 Å². The summed E-state index contributed by atoms with van der Waals surface area (Å²) in [7, 11) is 0. The number of hydrogen-bond acceptors (Lipinski definition) is 5. The van der Waals surface area contributed by atoms with E-state index in [9.17, 15) is 5.26 Å². The molecule has 0 atom stereocenters. The van der Waals surface area contributed by atoms with Crippen molar-refractivity contribution in [3.05, 3.63) is 221 Å². The molecule has 1 aliphatic carbocycles. The van der Waals surface area contributed by atoms with Gasteiger partial charge < -0.3 is 4.57 Å². The highest BCUT2D eigenvalue weighted by Gasteiger charge is 2.51. The third-order valence-corrected chi connectivity index (χ3v) is 13.3. The lowest BCUT2D eigenvalue weighted by Gasteiger charge is -2.40. The molecule has 0 saturated heterocycles. The highest BCUT2D eigenvalue weighted by Crippen LogP contribution is 2.64. The molecule has 6 nitrogen and oxygen atoms in total. The SMILES string of the molecule is [C-]#[N+]c1cc(-c2nc(-c3ccccc3)nc(-c3ccccc3)n2)cc(C#N)c1-n1c2ccccc2c2c3c(ccc21)-c1ccccc1C31c2ccccc2Sc2ccccc21. The van der Waals surface area contributed by atoms with Gasteiger partial charge in [0.05, 0.1) is 40.3 Å². The molecule has 2 aliphatic rings. The highest BCUT2D eigenvalue weighted by molar-refractivity contribution is 7.99. The van der Waals surface area contributed by atoms with Gasteiger partial charge in [0.2, 0.25) is 5.69 Å². The van der Waals surface area contributed by atoms with Crippen LogP contribution < -0.4 is 0 Å². The molecule has 8 aromatic carbocycles. The molecular weight excluding hydrogens is 765 g/mol. The molecule has 0 amide bonds. The van der Waals surface area contributed by atoms with Crippen molar-refractivity contribution < 1.29 is 0 Å². The van der Waals surface area contributed by atoms with Gasteiger partial charge in [-0.05, 0) is 69.8 Å². The number of aromatic nitrogens is 4. The molecule has 0 unspecified atom stereocenters. The summed E-state index contributed by atoms with van der Waals surface area (Å²) in [6.45, 7) is 8.66. The Balaban J connectivity index is 1.15. The second kappa shape index (κ2) is 13.5. The Bertz CT molecular complexity index is 3400. The second-order valence-corrected chi connectivity index (χ2v) is 16.4. The maximum atomic E-state index is 11.1. The van der Waals surface area contributed by atoms with Crippen LogP contribution in [0.15, 0.2) is 192 Å². The second-order valence-electron chi connectivity index (χ2n) is 15.3. The van der Waals surface area contributed by atoms with E-state index >= 15 is 0 Å². The van der Waals surface area contributed by atoms with Crippen LogP contribution in [0.4, 0.5) is 5.69 Å². The fourth-order valence-corrected chi connectivity index (χ4v) is 10.9. The zero-order valence-electron chi connectivity index (χ0n) is 32.4. The molecule has 12 rings (SSSR count). The van der Waals surface area contributed by atoms with Gasteiger partial charge >= 0.3 is 0 Å². The third kappa shape index (κ3) is 4.99. The molecule has 0 fully saturated rings. The summed E-state index contributed by atoms with van der Waals surface area (Å²) in [5.74, 6) is 1.39. The summed E-state index contributed by atoms with van der Waals surface area (Å²) in [5.41, 5.74) is 12.0. The number of benzene rings is 8. The molecule has 0 N–H and O–H groups in total. The Labute approximate surface area is 355 Å². The number of nitrogens with zero attached hydrogens (tertiary/aromatic N) is 6. The first kappa shape index (κ1) is 34.9. The van der Waals surface area contributed by atoms with Gasteiger partial charge in [-0.25, -0.2) is 19.8 Å². The number of para-hydroxylation sites is 1. The third-order valence-electron chi connectivity index (χ3n) is 12.1. The molecule has 2 aromatic heterocycles. The summed E-state index contributed by atoms with van der Waals surface area (Å²) in [4.78, 5) is 21.4. The van der Waals surface area contributed by atoms with Gasteiger partial charge in [-0.1, -0.05) is 157 Å². The van der Waals surface area contributed by atoms with E-state index in [1.807, 2.05) is 90.6 Å². The maximum absolute atomic E-state index is 11.1. The zero-order chi connectivity index (χ0) is 40.7. The summed E-state index contributed by atoms with van der Waals surface area (Å²) in [6.07, 6.45) is 0. The average Bonchev–Trinajstić information content (AvgIpc) is 3.82. The van der Waals surface area contributed by atoms with E-state index in [2.05, 4.69) is 119 Å². The fraction of sp³-hybridized carbons (Fsp3) is 0.0185. The lowest BCUT2D eigenvalue weighted by Crippen LogP contribution is -2.32. The van der Waals surface area contributed by atoms with Gasteiger partial charge in [-0.2, -0.15) is 5.26 Å². The van der Waals surface area contributed by atoms with E-state index in [-0.39, 0.29) is 0 Å². The van der Waals surface area contributed by atoms with Crippen LogP contribution in [-0.2, 0) is 5.41 Å². The van der Waals surface area contributed by atoms with Crippen molar-refractivity contribution in [3.8, 4) is 57.0 Å². The Morgan fingerprint density at radius 2 is 1.10 bits per heavy atom. The molecule has 0 bridgehead atoms. The van der Waals surface area contributed by atoms with Crippen LogP contribution >= 0.6 is 11.8 Å². The van der Waals surface area contributed by atoms with Crippen LogP contribution in [0.25, 0.3) is 77.6 Å². The lowest BCUT2D eigenvalue weighted by atomic mass is 9.66. The molecule has 1 aliphatic heterocycles. The van der Waals surface area contributed by atoms with Gasteiger partial charge in [0.1, 0.15) is 0 Å². The molecule has 61 heavy (non-hydrogen) atoms. The molecule has 10 aromatic rings. The Kier molecular flexibility index (Phi) is 7.71. The van der Waals surface area contributed by atoms with Crippen molar-refractivity contribution in [2.45, 2.75) is 15.2 Å². The Morgan fingerprint density at radius 1 is 0.541 bits per heavy atom. The smallest absolute Gasteiger partial charge is 0.212 e. The van der Waals surface area contributed by atoms with Gasteiger partial charge in [-0.3, -0.25) is 0 Å². The van der Waals surface area contributed by atoms with E-state index < -0.39 is 5.41 Å². The van der Waals surface area contributed by atoms with Crippen LogP contribution in [0, 0.1) is 17.9 Å². The summed E-state index contributed by atoms with van der Waals surface area (Å²) < 4.78 is 2.13. The minimum Gasteiger partial charge on any atom is -0.318 e. The molecule has 0 radical (unpaired) electrons. The van der Waals surface area contributed by atoms with Gasteiger partial charge in [0.15, 0.2) is 17.5 Å². The van der Waals surface area contributed by atoms with Crippen LogP contribution in [-0.4, -0.2) is 19.5 Å².